The van der Waals surface area contributed by atoms with Gasteiger partial charge in [-0.3, -0.25) is 4.79 Å². The first-order valence-corrected chi connectivity index (χ1v) is 7.99. The number of hydrogen-bond acceptors (Lipinski definition) is 3. The van der Waals surface area contributed by atoms with Gasteiger partial charge in [0.2, 0.25) is 5.91 Å². The maximum Gasteiger partial charge on any atom is 0.227 e. The maximum atomic E-state index is 12.6. The van der Waals surface area contributed by atoms with Crippen LogP contribution < -0.4 is 5.32 Å². The zero-order valence-corrected chi connectivity index (χ0v) is 12.6. The van der Waals surface area contributed by atoms with Gasteiger partial charge in [-0.1, -0.05) is 18.2 Å². The van der Waals surface area contributed by atoms with Crippen LogP contribution in [0.4, 0.5) is 0 Å². The predicted molar refractivity (Wildman–Crippen MR) is 82.2 cm³/mol. The number of para-hydroxylation sites is 1. The Hall–Kier alpha value is -1.55. The molecule has 0 aromatic heterocycles. The molecule has 21 heavy (non-hydrogen) atoms. The molecule has 2 unspecified atom stereocenters. The number of rotatable bonds is 4. The molecule has 2 atom stereocenters. The normalized spacial score (nSPS) is 27.6. The van der Waals surface area contributed by atoms with E-state index in [9.17, 15) is 9.90 Å². The van der Waals surface area contributed by atoms with Gasteiger partial charge in [-0.15, -0.1) is 0 Å². The van der Waals surface area contributed by atoms with Crippen LogP contribution in [-0.2, 0) is 11.2 Å². The predicted octanol–water partition coefficient (Wildman–Crippen LogP) is 2.07. The molecule has 0 radical (unpaired) electrons. The molecule has 2 aliphatic heterocycles. The van der Waals surface area contributed by atoms with Crippen LogP contribution in [0.15, 0.2) is 24.3 Å². The van der Waals surface area contributed by atoms with Crippen LogP contribution in [0, 0.1) is 0 Å². The minimum Gasteiger partial charge on any atom is -0.508 e. The standard InChI is InChI=1S/C17H24N2O2/c1-2-19(15-10-13-7-8-14(11-15)18-13)17(21)9-12-5-3-4-6-16(12)20/h3-6,13-15,18,20H,2,7-11H2,1H3. The second kappa shape index (κ2) is 6.06. The number of hydrogen-bond donors (Lipinski definition) is 2. The molecule has 1 aromatic carbocycles. The topological polar surface area (TPSA) is 52.6 Å². The summed E-state index contributed by atoms with van der Waals surface area (Å²) in [5.74, 6) is 0.345. The van der Waals surface area contributed by atoms with Gasteiger partial charge in [0.15, 0.2) is 0 Å². The lowest BCUT2D eigenvalue weighted by Gasteiger charge is -2.37. The first kappa shape index (κ1) is 14.4. The molecule has 2 aliphatic rings. The number of phenolic OH excluding ortho intramolecular Hbond substituents is 1. The SMILES string of the molecule is CCN(C(=O)Cc1ccccc1O)C1CC2CCC(C1)N2. The molecule has 3 rings (SSSR count). The van der Waals surface area contributed by atoms with E-state index in [1.807, 2.05) is 24.0 Å². The Labute approximate surface area is 126 Å². The van der Waals surface area contributed by atoms with E-state index in [0.29, 0.717) is 24.5 Å². The highest BCUT2D eigenvalue weighted by Crippen LogP contribution is 2.30. The van der Waals surface area contributed by atoms with E-state index in [2.05, 4.69) is 5.32 Å². The molecule has 2 heterocycles. The summed E-state index contributed by atoms with van der Waals surface area (Å²) in [6.45, 7) is 2.79. The molecule has 2 fully saturated rings. The fourth-order valence-electron chi connectivity index (χ4n) is 3.84. The third-order valence-corrected chi connectivity index (χ3v) is 4.88. The van der Waals surface area contributed by atoms with Gasteiger partial charge in [0.1, 0.15) is 5.75 Å². The minimum atomic E-state index is 0.130. The van der Waals surface area contributed by atoms with Crippen molar-refractivity contribution in [1.82, 2.24) is 10.2 Å². The van der Waals surface area contributed by atoms with Crippen LogP contribution in [0.2, 0.25) is 0 Å². The highest BCUT2D eigenvalue weighted by Gasteiger charge is 2.37. The first-order valence-electron chi connectivity index (χ1n) is 7.99. The largest absolute Gasteiger partial charge is 0.508 e. The lowest BCUT2D eigenvalue weighted by molar-refractivity contribution is -0.133. The summed E-state index contributed by atoms with van der Waals surface area (Å²) in [7, 11) is 0. The second-order valence-electron chi connectivity index (χ2n) is 6.25. The van der Waals surface area contributed by atoms with Crippen molar-refractivity contribution in [2.24, 2.45) is 0 Å². The highest BCUT2D eigenvalue weighted by atomic mass is 16.3. The number of benzene rings is 1. The first-order chi connectivity index (χ1) is 10.2. The van der Waals surface area contributed by atoms with E-state index in [0.717, 1.165) is 24.9 Å². The molecular weight excluding hydrogens is 264 g/mol. The Balaban J connectivity index is 1.68. The highest BCUT2D eigenvalue weighted by molar-refractivity contribution is 5.79. The van der Waals surface area contributed by atoms with Crippen molar-refractivity contribution in [3.05, 3.63) is 29.8 Å². The number of carbonyl (C=O) groups excluding carboxylic acids is 1. The van der Waals surface area contributed by atoms with Gasteiger partial charge in [0.25, 0.3) is 0 Å². The third-order valence-electron chi connectivity index (χ3n) is 4.88. The van der Waals surface area contributed by atoms with Crippen LogP contribution >= 0.6 is 0 Å². The molecule has 0 spiro atoms. The van der Waals surface area contributed by atoms with Gasteiger partial charge in [-0.2, -0.15) is 0 Å². The molecule has 0 aliphatic carbocycles. The summed E-state index contributed by atoms with van der Waals surface area (Å²) in [6.07, 6.45) is 4.91. The lowest BCUT2D eigenvalue weighted by Crippen LogP contribution is -2.50. The van der Waals surface area contributed by atoms with Crippen LogP contribution in [0.5, 0.6) is 5.75 Å². The summed E-state index contributed by atoms with van der Waals surface area (Å²) in [5.41, 5.74) is 0.720. The summed E-state index contributed by atoms with van der Waals surface area (Å²) in [4.78, 5) is 14.6. The molecule has 0 saturated carbocycles. The summed E-state index contributed by atoms with van der Waals surface area (Å²) in [6, 6.07) is 8.64. The number of piperidine rings is 1. The Kier molecular flexibility index (Phi) is 4.15. The number of likely N-dealkylation sites (N-methyl/N-ethyl adjacent to an activating group) is 1. The Bertz CT molecular complexity index is 505. The van der Waals surface area contributed by atoms with Crippen molar-refractivity contribution in [3.63, 3.8) is 0 Å². The van der Waals surface area contributed by atoms with E-state index in [-0.39, 0.29) is 11.7 Å². The number of aromatic hydroxyl groups is 1. The van der Waals surface area contributed by atoms with Crippen LogP contribution in [-0.4, -0.2) is 40.6 Å². The fourth-order valence-corrected chi connectivity index (χ4v) is 3.84. The molecular formula is C17H24N2O2. The molecule has 4 heteroatoms. The van der Waals surface area contributed by atoms with E-state index < -0.39 is 0 Å². The van der Waals surface area contributed by atoms with Crippen LogP contribution in [0.1, 0.15) is 38.2 Å². The summed E-state index contributed by atoms with van der Waals surface area (Å²) in [5, 5.41) is 13.5. The summed E-state index contributed by atoms with van der Waals surface area (Å²) >= 11 is 0. The molecule has 2 bridgehead atoms. The van der Waals surface area contributed by atoms with E-state index in [1.165, 1.54) is 12.8 Å². The Morgan fingerprint density at radius 3 is 2.57 bits per heavy atom. The zero-order chi connectivity index (χ0) is 14.8. The van der Waals surface area contributed by atoms with Gasteiger partial charge < -0.3 is 15.3 Å². The van der Waals surface area contributed by atoms with Crippen molar-refractivity contribution in [2.45, 2.75) is 57.2 Å². The van der Waals surface area contributed by atoms with Gasteiger partial charge >= 0.3 is 0 Å². The van der Waals surface area contributed by atoms with E-state index >= 15 is 0 Å². The number of nitrogens with zero attached hydrogens (tertiary/aromatic N) is 1. The van der Waals surface area contributed by atoms with Crippen molar-refractivity contribution in [1.29, 1.82) is 0 Å². The molecule has 114 valence electrons. The smallest absolute Gasteiger partial charge is 0.227 e. The lowest BCUT2D eigenvalue weighted by atomic mass is 9.97. The van der Waals surface area contributed by atoms with E-state index in [1.54, 1.807) is 12.1 Å². The average molecular weight is 288 g/mol. The Morgan fingerprint density at radius 2 is 1.95 bits per heavy atom. The van der Waals surface area contributed by atoms with Crippen LogP contribution in [0.3, 0.4) is 0 Å². The number of fused-ring (bicyclic) bond motifs is 2. The van der Waals surface area contributed by atoms with Crippen molar-refractivity contribution < 1.29 is 9.90 Å². The van der Waals surface area contributed by atoms with Crippen molar-refractivity contribution >= 4 is 5.91 Å². The average Bonchev–Trinajstić information content (AvgIpc) is 2.81. The number of nitrogens with one attached hydrogen (secondary N) is 1. The molecule has 2 saturated heterocycles. The van der Waals surface area contributed by atoms with Crippen LogP contribution in [0.25, 0.3) is 0 Å². The minimum absolute atomic E-state index is 0.130. The monoisotopic (exact) mass is 288 g/mol. The van der Waals surface area contributed by atoms with Gasteiger partial charge in [-0.25, -0.2) is 0 Å². The number of amides is 1. The zero-order valence-electron chi connectivity index (χ0n) is 12.6. The molecule has 2 N–H and O–H groups in total. The van der Waals surface area contributed by atoms with Gasteiger partial charge in [0.05, 0.1) is 6.42 Å². The second-order valence-corrected chi connectivity index (χ2v) is 6.25. The van der Waals surface area contributed by atoms with E-state index in [4.69, 9.17) is 0 Å². The summed E-state index contributed by atoms with van der Waals surface area (Å²) < 4.78 is 0. The van der Waals surface area contributed by atoms with Crippen molar-refractivity contribution in [2.75, 3.05) is 6.54 Å². The van der Waals surface area contributed by atoms with Gasteiger partial charge in [0, 0.05) is 30.2 Å². The number of phenols is 1. The Morgan fingerprint density at radius 1 is 1.29 bits per heavy atom. The third kappa shape index (κ3) is 3.05. The maximum absolute atomic E-state index is 12.6. The molecule has 1 aromatic rings. The van der Waals surface area contributed by atoms with Gasteiger partial charge in [-0.05, 0) is 38.7 Å². The number of carbonyl (C=O) groups is 1. The fraction of sp³-hybridized carbons (Fsp3) is 0.588. The van der Waals surface area contributed by atoms with Crippen molar-refractivity contribution in [3.8, 4) is 5.75 Å². The molecule has 4 nitrogen and oxygen atoms in total. The molecule has 1 amide bonds. The quantitative estimate of drug-likeness (QED) is 0.892.